The minimum absolute atomic E-state index is 1.01. The van der Waals surface area contributed by atoms with Crippen molar-refractivity contribution in [3.8, 4) is 22.3 Å². The number of anilines is 12. The van der Waals surface area contributed by atoms with E-state index >= 15 is 0 Å². The number of benzene rings is 13. The van der Waals surface area contributed by atoms with Crippen LogP contribution in [0.2, 0.25) is 0 Å². The van der Waals surface area contributed by atoms with Crippen LogP contribution in [0, 0.1) is 0 Å². The Morgan fingerprint density at radius 1 is 0.167 bits per heavy atom. The van der Waals surface area contributed by atoms with Gasteiger partial charge in [0.1, 0.15) is 0 Å². The predicted molar refractivity (Wildman–Crippen MR) is 357 cm³/mol. The summed E-state index contributed by atoms with van der Waals surface area (Å²) in [4.78, 5) is 14.0. The third-order valence-corrected chi connectivity index (χ3v) is 16.5. The van der Waals surface area contributed by atoms with Crippen molar-refractivity contribution in [3.05, 3.63) is 352 Å². The highest BCUT2D eigenvalue weighted by atomic mass is 32.2. The van der Waals surface area contributed by atoms with Gasteiger partial charge in [-0.3, -0.25) is 0 Å². The standard InChI is InChI=1S/C78H58N4S2/c1-10-30-59(31-11-1)76-50-29-51-77(60-32-12-2-13-33-60)78(76)82(71-53-70(55-74(58-71)83-72-47-26-9-27-48-72)81(65-42-22-7-23-43-65)66-44-24-8-25-45-66)67-46-28-49-73(54-67)84-75-56-68(79(61-34-14-3-15-35-61)62-36-16-4-17-37-62)52-69(57-75)80(63-38-18-5-19-39-63)64-40-20-6-21-41-64/h1-58H. The van der Waals surface area contributed by atoms with Gasteiger partial charge in [-0.25, -0.2) is 0 Å². The molecule has 0 heterocycles. The van der Waals surface area contributed by atoms with Crippen LogP contribution in [0.3, 0.4) is 0 Å². The predicted octanol–water partition coefficient (Wildman–Crippen LogP) is 23.2. The number of para-hydroxylation sites is 7. The van der Waals surface area contributed by atoms with Gasteiger partial charge in [0.05, 0.1) is 5.69 Å². The van der Waals surface area contributed by atoms with Crippen molar-refractivity contribution in [1.82, 2.24) is 0 Å². The van der Waals surface area contributed by atoms with Crippen molar-refractivity contribution in [1.29, 1.82) is 0 Å². The third-order valence-electron chi connectivity index (χ3n) is 14.6. The molecule has 0 bridgehead atoms. The van der Waals surface area contributed by atoms with E-state index in [4.69, 9.17) is 0 Å². The van der Waals surface area contributed by atoms with Gasteiger partial charge in [-0.1, -0.05) is 236 Å². The first-order chi connectivity index (χ1) is 41.7. The van der Waals surface area contributed by atoms with Crippen LogP contribution in [-0.2, 0) is 0 Å². The summed E-state index contributed by atoms with van der Waals surface area (Å²) in [7, 11) is 0. The van der Waals surface area contributed by atoms with Gasteiger partial charge in [0.2, 0.25) is 0 Å². The van der Waals surface area contributed by atoms with Crippen LogP contribution in [0.4, 0.5) is 68.2 Å². The first-order valence-electron chi connectivity index (χ1n) is 28.2. The molecule has 13 aromatic carbocycles. The van der Waals surface area contributed by atoms with Crippen LogP contribution in [0.5, 0.6) is 0 Å². The number of hydrogen-bond donors (Lipinski definition) is 0. The van der Waals surface area contributed by atoms with Crippen LogP contribution < -0.4 is 19.6 Å². The van der Waals surface area contributed by atoms with Gasteiger partial charge in [0.15, 0.2) is 0 Å². The zero-order valence-corrected chi connectivity index (χ0v) is 47.7. The Morgan fingerprint density at radius 2 is 0.417 bits per heavy atom. The Labute approximate surface area is 501 Å². The molecule has 0 radical (unpaired) electrons. The summed E-state index contributed by atoms with van der Waals surface area (Å²) in [5, 5.41) is 0. The zero-order valence-electron chi connectivity index (χ0n) is 46.1. The maximum atomic E-state index is 2.50. The summed E-state index contributed by atoms with van der Waals surface area (Å²) >= 11 is 3.54. The molecular formula is C78H58N4S2. The van der Waals surface area contributed by atoms with Gasteiger partial charge in [-0.15, -0.1) is 0 Å². The Kier molecular flexibility index (Phi) is 16.0. The van der Waals surface area contributed by atoms with Gasteiger partial charge >= 0.3 is 0 Å². The second-order valence-corrected chi connectivity index (χ2v) is 22.5. The first-order valence-corrected chi connectivity index (χ1v) is 29.9. The molecule has 0 N–H and O–H groups in total. The summed E-state index contributed by atoms with van der Waals surface area (Å²) in [6.07, 6.45) is 0. The van der Waals surface area contributed by atoms with Gasteiger partial charge in [0, 0.05) is 93.3 Å². The van der Waals surface area contributed by atoms with Crippen molar-refractivity contribution in [2.75, 3.05) is 19.6 Å². The molecule has 0 amide bonds. The molecule has 0 aliphatic rings. The topological polar surface area (TPSA) is 13.0 Å². The van der Waals surface area contributed by atoms with Gasteiger partial charge in [0.25, 0.3) is 0 Å². The Morgan fingerprint density at radius 3 is 0.762 bits per heavy atom. The lowest BCUT2D eigenvalue weighted by atomic mass is 9.94. The highest BCUT2D eigenvalue weighted by molar-refractivity contribution is 7.99. The van der Waals surface area contributed by atoms with Crippen LogP contribution >= 0.6 is 23.5 Å². The molecule has 4 nitrogen and oxygen atoms in total. The molecule has 0 unspecified atom stereocenters. The molecule has 0 fully saturated rings. The molecule has 0 spiro atoms. The zero-order chi connectivity index (χ0) is 56.3. The van der Waals surface area contributed by atoms with E-state index in [0.717, 1.165) is 110 Å². The fraction of sp³-hybridized carbons (Fsp3) is 0. The minimum Gasteiger partial charge on any atom is -0.310 e. The maximum Gasteiger partial charge on any atom is 0.0618 e. The van der Waals surface area contributed by atoms with Crippen molar-refractivity contribution < 1.29 is 0 Å². The molecule has 13 aromatic rings. The summed E-state index contributed by atoms with van der Waals surface area (Å²) < 4.78 is 0. The van der Waals surface area contributed by atoms with E-state index in [9.17, 15) is 0 Å². The normalized spacial score (nSPS) is 11.0. The summed E-state index contributed by atoms with van der Waals surface area (Å²) in [5.74, 6) is 0. The lowest BCUT2D eigenvalue weighted by Crippen LogP contribution is -2.15. The molecule has 0 saturated heterocycles. The summed E-state index contributed by atoms with van der Waals surface area (Å²) in [6, 6.07) is 126. The van der Waals surface area contributed by atoms with E-state index in [1.165, 1.54) is 0 Å². The SMILES string of the molecule is c1ccc(Sc2cc(N(c3ccccc3)c3ccccc3)cc(N(c3cccc(Sc4cc(N(c5ccccc5)c5ccccc5)cc(N(c5ccccc5)c5ccccc5)c4)c3)c3c(-c4ccccc4)cccc3-c3ccccc3)c2)cc1. The smallest absolute Gasteiger partial charge is 0.0618 e. The number of nitrogens with zero attached hydrogens (tertiary/aromatic N) is 4. The second-order valence-electron chi connectivity index (χ2n) is 20.2. The van der Waals surface area contributed by atoms with Crippen molar-refractivity contribution in [2.24, 2.45) is 0 Å². The van der Waals surface area contributed by atoms with E-state index in [-0.39, 0.29) is 0 Å². The lowest BCUT2D eigenvalue weighted by Gasteiger charge is -2.33. The van der Waals surface area contributed by atoms with E-state index in [1.807, 2.05) is 0 Å². The Bertz CT molecular complexity index is 3960. The van der Waals surface area contributed by atoms with Crippen LogP contribution in [-0.4, -0.2) is 0 Å². The summed E-state index contributed by atoms with van der Waals surface area (Å²) in [5.41, 5.74) is 17.1. The minimum atomic E-state index is 1.01. The van der Waals surface area contributed by atoms with E-state index < -0.39 is 0 Å². The fourth-order valence-electron chi connectivity index (χ4n) is 10.9. The van der Waals surface area contributed by atoms with E-state index in [1.54, 1.807) is 23.5 Å². The first kappa shape index (κ1) is 53.1. The van der Waals surface area contributed by atoms with Crippen molar-refractivity contribution in [2.45, 2.75) is 19.6 Å². The highest BCUT2D eigenvalue weighted by Crippen LogP contribution is 2.51. The average Bonchev–Trinajstić information content (AvgIpc) is 3.51. The molecule has 0 atom stereocenters. The van der Waals surface area contributed by atoms with Crippen LogP contribution in [0.1, 0.15) is 0 Å². The highest BCUT2D eigenvalue weighted by Gasteiger charge is 2.26. The molecule has 0 aliphatic carbocycles. The fourth-order valence-corrected chi connectivity index (χ4v) is 12.8. The molecule has 402 valence electrons. The largest absolute Gasteiger partial charge is 0.310 e. The van der Waals surface area contributed by atoms with E-state index in [0.29, 0.717) is 0 Å². The van der Waals surface area contributed by atoms with Gasteiger partial charge < -0.3 is 19.6 Å². The maximum absolute atomic E-state index is 2.50. The molecular weight excluding hydrogens is 1060 g/mol. The molecule has 6 heteroatoms. The molecule has 0 aromatic heterocycles. The Hall–Kier alpha value is -10.2. The van der Waals surface area contributed by atoms with Crippen molar-refractivity contribution in [3.63, 3.8) is 0 Å². The monoisotopic (exact) mass is 1110 g/mol. The van der Waals surface area contributed by atoms with Gasteiger partial charge in [-0.2, -0.15) is 0 Å². The van der Waals surface area contributed by atoms with Gasteiger partial charge in [-0.05, 0) is 151 Å². The molecule has 13 rings (SSSR count). The van der Waals surface area contributed by atoms with Crippen LogP contribution in [0.15, 0.2) is 371 Å². The van der Waals surface area contributed by atoms with E-state index in [2.05, 4.69) is 371 Å². The third kappa shape index (κ3) is 11.9. The number of rotatable bonds is 18. The molecule has 0 saturated carbocycles. The lowest BCUT2D eigenvalue weighted by molar-refractivity contribution is 1.21. The molecule has 84 heavy (non-hydrogen) atoms. The molecule has 0 aliphatic heterocycles. The van der Waals surface area contributed by atoms with Crippen molar-refractivity contribution >= 4 is 91.8 Å². The average molecular weight is 1120 g/mol. The van der Waals surface area contributed by atoms with Crippen LogP contribution in [0.25, 0.3) is 22.3 Å². The second kappa shape index (κ2) is 25.3. The Balaban J connectivity index is 1.04. The quantitative estimate of drug-likeness (QED) is 0.0843. The summed E-state index contributed by atoms with van der Waals surface area (Å²) in [6.45, 7) is 0. The number of hydrogen-bond acceptors (Lipinski definition) is 6.